The highest BCUT2D eigenvalue weighted by Crippen LogP contribution is 2.23. The Morgan fingerprint density at radius 3 is 2.70 bits per heavy atom. The van der Waals surface area contributed by atoms with Crippen LogP contribution < -0.4 is 5.32 Å². The Morgan fingerprint density at radius 1 is 1.22 bits per heavy atom. The van der Waals surface area contributed by atoms with Crippen molar-refractivity contribution in [1.82, 2.24) is 25.1 Å². The van der Waals surface area contributed by atoms with Crippen LogP contribution in [0.1, 0.15) is 38.1 Å². The van der Waals surface area contributed by atoms with E-state index in [0.717, 1.165) is 23.0 Å². The number of carbonyl (C=O) groups excluding carboxylic acids is 1. The molecule has 0 spiro atoms. The first kappa shape index (κ1) is 15.4. The van der Waals surface area contributed by atoms with Gasteiger partial charge in [0.2, 0.25) is 5.65 Å². The van der Waals surface area contributed by atoms with E-state index >= 15 is 0 Å². The maximum absolute atomic E-state index is 12.3. The molecule has 6 heteroatoms. The molecule has 0 aliphatic heterocycles. The fourth-order valence-corrected chi connectivity index (χ4v) is 2.65. The predicted molar refractivity (Wildman–Crippen MR) is 90.3 cm³/mol. The molecule has 2 heterocycles. The van der Waals surface area contributed by atoms with Gasteiger partial charge in [-0.1, -0.05) is 13.8 Å². The van der Waals surface area contributed by atoms with Crippen LogP contribution in [0.4, 0.5) is 0 Å². The highest BCUT2D eigenvalue weighted by Gasteiger charge is 2.14. The summed E-state index contributed by atoms with van der Waals surface area (Å²) < 4.78 is 2.08. The molecule has 120 valence electrons. The van der Waals surface area contributed by atoms with Crippen molar-refractivity contribution >= 4 is 28.0 Å². The average molecular weight is 311 g/mol. The molecule has 6 nitrogen and oxygen atoms in total. The van der Waals surface area contributed by atoms with Crippen molar-refractivity contribution in [2.24, 2.45) is 5.92 Å². The van der Waals surface area contributed by atoms with Gasteiger partial charge in [0.15, 0.2) is 0 Å². The number of hydrogen-bond acceptors (Lipinski definition) is 4. The number of aromatic nitrogens is 4. The summed E-state index contributed by atoms with van der Waals surface area (Å²) in [5.41, 5.74) is 2.93. The highest BCUT2D eigenvalue weighted by atomic mass is 16.1. The summed E-state index contributed by atoms with van der Waals surface area (Å²) in [5.74, 6) is 0.407. The number of benzene rings is 1. The second kappa shape index (κ2) is 5.95. The Bertz CT molecular complexity index is 866. The predicted octanol–water partition coefficient (Wildman–Crippen LogP) is 2.77. The number of nitrogens with zero attached hydrogens (tertiary/aromatic N) is 4. The van der Waals surface area contributed by atoms with Gasteiger partial charge in [-0.3, -0.25) is 4.79 Å². The summed E-state index contributed by atoms with van der Waals surface area (Å²) in [4.78, 5) is 16.6. The summed E-state index contributed by atoms with van der Waals surface area (Å²) in [6.07, 6.45) is 1.79. The van der Waals surface area contributed by atoms with E-state index in [4.69, 9.17) is 0 Å². The molecule has 0 fully saturated rings. The topological polar surface area (TPSA) is 72.7 Å². The van der Waals surface area contributed by atoms with E-state index in [1.54, 1.807) is 12.4 Å². The van der Waals surface area contributed by atoms with E-state index in [9.17, 15) is 4.79 Å². The van der Waals surface area contributed by atoms with Crippen molar-refractivity contribution < 1.29 is 4.79 Å². The fourth-order valence-electron chi connectivity index (χ4n) is 2.65. The van der Waals surface area contributed by atoms with Gasteiger partial charge in [-0.15, -0.1) is 10.2 Å². The molecule has 0 atom stereocenters. The molecule has 23 heavy (non-hydrogen) atoms. The van der Waals surface area contributed by atoms with Crippen molar-refractivity contribution in [2.45, 2.75) is 40.3 Å². The smallest absolute Gasteiger partial charge is 0.251 e. The van der Waals surface area contributed by atoms with Crippen LogP contribution in [0.2, 0.25) is 0 Å². The number of rotatable bonds is 4. The van der Waals surface area contributed by atoms with Crippen LogP contribution in [-0.2, 0) is 6.54 Å². The molecule has 1 aromatic carbocycles. The van der Waals surface area contributed by atoms with Gasteiger partial charge in [-0.2, -0.15) is 0 Å². The number of nitrogens with one attached hydrogen (secondary N) is 1. The number of hydrogen-bond donors (Lipinski definition) is 1. The average Bonchev–Trinajstić information content (AvgIpc) is 2.88. The van der Waals surface area contributed by atoms with Crippen LogP contribution in [-0.4, -0.2) is 31.7 Å². The highest BCUT2D eigenvalue weighted by molar-refractivity contribution is 6.05. The van der Waals surface area contributed by atoms with Crippen molar-refractivity contribution in [1.29, 1.82) is 0 Å². The Labute approximate surface area is 134 Å². The van der Waals surface area contributed by atoms with Crippen LogP contribution in [0, 0.1) is 5.92 Å². The third-order valence-electron chi connectivity index (χ3n) is 3.57. The van der Waals surface area contributed by atoms with E-state index in [1.165, 1.54) is 0 Å². The lowest BCUT2D eigenvalue weighted by Crippen LogP contribution is -2.30. The molecule has 0 aliphatic rings. The molecule has 3 rings (SSSR count). The van der Waals surface area contributed by atoms with Crippen LogP contribution in [0.3, 0.4) is 0 Å². The first-order chi connectivity index (χ1) is 11.0. The molecule has 0 saturated heterocycles. The first-order valence-electron chi connectivity index (χ1n) is 7.88. The van der Waals surface area contributed by atoms with E-state index in [-0.39, 0.29) is 11.9 Å². The van der Waals surface area contributed by atoms with Crippen LogP contribution in [0.25, 0.3) is 22.1 Å². The lowest BCUT2D eigenvalue weighted by atomic mass is 10.1. The van der Waals surface area contributed by atoms with Gasteiger partial charge < -0.3 is 9.88 Å². The molecular formula is C17H21N5O. The summed E-state index contributed by atoms with van der Waals surface area (Å²) in [7, 11) is 0. The maximum Gasteiger partial charge on any atom is 0.251 e. The van der Waals surface area contributed by atoms with Gasteiger partial charge in [-0.25, -0.2) is 4.98 Å². The number of fused-ring (bicyclic) bond motifs is 3. The quantitative estimate of drug-likeness (QED) is 0.804. The zero-order chi connectivity index (χ0) is 16.6. The Kier molecular flexibility index (Phi) is 3.98. The van der Waals surface area contributed by atoms with Crippen molar-refractivity contribution in [3.63, 3.8) is 0 Å². The van der Waals surface area contributed by atoms with E-state index in [2.05, 4.69) is 38.9 Å². The molecule has 0 saturated carbocycles. The third kappa shape index (κ3) is 3.02. The minimum atomic E-state index is -0.0817. The molecule has 0 aliphatic carbocycles. The van der Waals surface area contributed by atoms with Gasteiger partial charge in [0.05, 0.1) is 17.4 Å². The zero-order valence-electron chi connectivity index (χ0n) is 13.9. The molecule has 3 aromatic rings. The minimum absolute atomic E-state index is 0.0817. The molecule has 0 unspecified atom stereocenters. The molecule has 2 aromatic heterocycles. The lowest BCUT2D eigenvalue weighted by molar-refractivity contribution is 0.0943. The Balaban J connectivity index is 2.17. The van der Waals surface area contributed by atoms with Gasteiger partial charge in [0.1, 0.15) is 0 Å². The van der Waals surface area contributed by atoms with E-state index in [0.29, 0.717) is 17.1 Å². The number of carbonyl (C=O) groups is 1. The normalized spacial score (nSPS) is 11.7. The molecule has 0 radical (unpaired) electrons. The lowest BCUT2D eigenvalue weighted by Gasteiger charge is -2.10. The second-order valence-electron chi connectivity index (χ2n) is 6.52. The summed E-state index contributed by atoms with van der Waals surface area (Å²) >= 11 is 0. The van der Waals surface area contributed by atoms with Crippen LogP contribution in [0.15, 0.2) is 24.5 Å². The first-order valence-corrected chi connectivity index (χ1v) is 7.88. The number of imidazole rings is 1. The van der Waals surface area contributed by atoms with Crippen molar-refractivity contribution in [3.05, 3.63) is 30.1 Å². The largest absolute Gasteiger partial charge is 0.350 e. The van der Waals surface area contributed by atoms with Crippen LogP contribution in [0.5, 0.6) is 0 Å². The summed E-state index contributed by atoms with van der Waals surface area (Å²) in [6, 6.07) is 5.59. The SMILES string of the molecule is CC(C)Cn1cnc2nnc3ccc(C(=O)NC(C)C)cc3c21. The maximum atomic E-state index is 12.3. The van der Waals surface area contributed by atoms with Gasteiger partial charge in [0.25, 0.3) is 5.91 Å². The molecule has 1 amide bonds. The fraction of sp³-hybridized carbons (Fsp3) is 0.412. The van der Waals surface area contributed by atoms with Gasteiger partial charge >= 0.3 is 0 Å². The molecule has 0 bridgehead atoms. The molecular weight excluding hydrogens is 290 g/mol. The van der Waals surface area contributed by atoms with Crippen molar-refractivity contribution in [2.75, 3.05) is 0 Å². The van der Waals surface area contributed by atoms with Gasteiger partial charge in [-0.05, 0) is 38.0 Å². The Morgan fingerprint density at radius 2 is 2.00 bits per heavy atom. The Hall–Kier alpha value is -2.50. The van der Waals surface area contributed by atoms with Gasteiger partial charge in [0, 0.05) is 23.5 Å². The summed E-state index contributed by atoms with van der Waals surface area (Å²) in [6.45, 7) is 9.05. The van der Waals surface area contributed by atoms with Crippen molar-refractivity contribution in [3.8, 4) is 0 Å². The third-order valence-corrected chi connectivity index (χ3v) is 3.57. The number of amides is 1. The van der Waals surface area contributed by atoms with E-state index < -0.39 is 0 Å². The minimum Gasteiger partial charge on any atom is -0.350 e. The summed E-state index contributed by atoms with van der Waals surface area (Å²) in [5, 5.41) is 12.2. The zero-order valence-corrected chi connectivity index (χ0v) is 13.9. The molecule has 1 N–H and O–H groups in total. The second-order valence-corrected chi connectivity index (χ2v) is 6.52. The van der Waals surface area contributed by atoms with E-state index in [1.807, 2.05) is 26.0 Å². The van der Waals surface area contributed by atoms with Crippen LogP contribution >= 0.6 is 0 Å². The standard InChI is InChI=1S/C17H21N5O/c1-10(2)8-22-9-18-16-15(22)13-7-12(17(23)19-11(3)4)5-6-14(13)20-21-16/h5-7,9-11H,8H2,1-4H3,(H,19,23). The monoisotopic (exact) mass is 311 g/mol.